The summed E-state index contributed by atoms with van der Waals surface area (Å²) < 4.78 is 31.0. The Morgan fingerprint density at radius 3 is 3.00 bits per heavy atom. The summed E-state index contributed by atoms with van der Waals surface area (Å²) in [5.74, 6) is -1.45. The molecule has 0 radical (unpaired) electrons. The minimum Gasteiger partial charge on any atom is -0.339 e. The number of carbonyl (C=O) groups is 1. The third-order valence-corrected chi connectivity index (χ3v) is 6.32. The smallest absolute Gasteiger partial charge is 0.288 e. The molecule has 29 heavy (non-hydrogen) atoms. The Balaban J connectivity index is 1.43. The summed E-state index contributed by atoms with van der Waals surface area (Å²) in [6.07, 6.45) is 2.40. The normalized spacial score (nSPS) is 17.1. The van der Waals surface area contributed by atoms with E-state index in [-0.39, 0.29) is 11.8 Å². The molecule has 1 aromatic carbocycles. The molecule has 1 unspecified atom stereocenters. The predicted octanol–water partition coefficient (Wildman–Crippen LogP) is 5.21. The van der Waals surface area contributed by atoms with Crippen molar-refractivity contribution in [3.8, 4) is 11.4 Å². The zero-order chi connectivity index (χ0) is 20.2. The van der Waals surface area contributed by atoms with E-state index in [1.165, 1.54) is 0 Å². The summed E-state index contributed by atoms with van der Waals surface area (Å²) in [6.45, 7) is 1.16. The first kappa shape index (κ1) is 20.0. The number of amides is 1. The van der Waals surface area contributed by atoms with Gasteiger partial charge in [0.2, 0.25) is 11.7 Å². The van der Waals surface area contributed by atoms with Crippen LogP contribution in [-0.4, -0.2) is 39.8 Å². The Morgan fingerprint density at radius 2 is 2.21 bits per heavy atom. The molecule has 3 heterocycles. The van der Waals surface area contributed by atoms with Gasteiger partial charge in [0.15, 0.2) is 0 Å². The Bertz CT molecular complexity index is 962. The number of benzene rings is 1. The number of likely N-dealkylation sites (tertiary alicyclic amines) is 1. The standard InChI is InChI=1S/C20H19F2N3O2S2/c21-20(22)29-16-6-2-1-5-15(16)19(26)25-8-3-4-13(11-25)10-17-23-18(24-27-17)14-7-9-28-12-14/h1-2,5-7,9,12-13,20H,3-4,8,10-11H2. The van der Waals surface area contributed by atoms with E-state index in [9.17, 15) is 13.6 Å². The van der Waals surface area contributed by atoms with Crippen LogP contribution in [0.4, 0.5) is 8.78 Å². The van der Waals surface area contributed by atoms with Crippen LogP contribution in [0.1, 0.15) is 29.1 Å². The van der Waals surface area contributed by atoms with Crippen LogP contribution >= 0.6 is 23.1 Å². The lowest BCUT2D eigenvalue weighted by Gasteiger charge is -2.32. The first-order valence-electron chi connectivity index (χ1n) is 9.28. The van der Waals surface area contributed by atoms with Gasteiger partial charge in [-0.1, -0.05) is 29.1 Å². The molecule has 4 rings (SSSR count). The number of aromatic nitrogens is 2. The minimum atomic E-state index is -2.56. The molecule has 2 aromatic heterocycles. The molecule has 5 nitrogen and oxygen atoms in total. The van der Waals surface area contributed by atoms with Crippen LogP contribution in [-0.2, 0) is 6.42 Å². The quantitative estimate of drug-likeness (QED) is 0.498. The van der Waals surface area contributed by atoms with Crippen LogP contribution in [0.15, 0.2) is 50.5 Å². The molecule has 0 aliphatic carbocycles. The van der Waals surface area contributed by atoms with Gasteiger partial charge in [0.25, 0.3) is 11.7 Å². The molecule has 0 spiro atoms. The molecule has 0 saturated carbocycles. The first-order chi connectivity index (χ1) is 14.1. The van der Waals surface area contributed by atoms with Gasteiger partial charge in [-0.25, -0.2) is 0 Å². The van der Waals surface area contributed by atoms with E-state index in [0.29, 0.717) is 53.4 Å². The lowest BCUT2D eigenvalue weighted by atomic mass is 9.94. The highest BCUT2D eigenvalue weighted by atomic mass is 32.2. The molecule has 1 fully saturated rings. The number of rotatable bonds is 6. The van der Waals surface area contributed by atoms with Crippen molar-refractivity contribution in [1.82, 2.24) is 15.0 Å². The fourth-order valence-electron chi connectivity index (χ4n) is 3.52. The van der Waals surface area contributed by atoms with Crippen LogP contribution in [0, 0.1) is 5.92 Å². The molecular weight excluding hydrogens is 416 g/mol. The van der Waals surface area contributed by atoms with Gasteiger partial charge in [-0.2, -0.15) is 25.1 Å². The van der Waals surface area contributed by atoms with Crippen molar-refractivity contribution in [2.75, 3.05) is 13.1 Å². The van der Waals surface area contributed by atoms with Gasteiger partial charge in [0.05, 0.1) is 5.56 Å². The van der Waals surface area contributed by atoms with Crippen LogP contribution < -0.4 is 0 Å². The summed E-state index contributed by atoms with van der Waals surface area (Å²) in [4.78, 5) is 19.5. The maximum atomic E-state index is 13.0. The van der Waals surface area contributed by atoms with Crippen LogP contribution in [0.25, 0.3) is 11.4 Å². The lowest BCUT2D eigenvalue weighted by molar-refractivity contribution is 0.0664. The van der Waals surface area contributed by atoms with Gasteiger partial charge in [-0.3, -0.25) is 4.79 Å². The Labute approximate surface area is 175 Å². The molecule has 1 aliphatic rings. The average Bonchev–Trinajstić information content (AvgIpc) is 3.39. The highest BCUT2D eigenvalue weighted by molar-refractivity contribution is 7.99. The van der Waals surface area contributed by atoms with E-state index >= 15 is 0 Å². The molecule has 0 N–H and O–H groups in total. The van der Waals surface area contributed by atoms with Crippen LogP contribution in [0.5, 0.6) is 0 Å². The van der Waals surface area contributed by atoms with Gasteiger partial charge in [-0.05, 0) is 42.3 Å². The van der Waals surface area contributed by atoms with Gasteiger partial charge >= 0.3 is 0 Å². The second kappa shape index (κ2) is 9.04. The number of piperidine rings is 1. The summed E-state index contributed by atoms with van der Waals surface area (Å²) in [5.41, 5.74) is 1.26. The molecule has 1 amide bonds. The maximum absolute atomic E-state index is 13.0. The van der Waals surface area contributed by atoms with E-state index in [0.717, 1.165) is 18.4 Å². The van der Waals surface area contributed by atoms with Gasteiger partial charge in [-0.15, -0.1) is 0 Å². The average molecular weight is 436 g/mol. The Kier molecular flexibility index (Phi) is 6.25. The summed E-state index contributed by atoms with van der Waals surface area (Å²) >= 11 is 1.98. The Hall–Kier alpha value is -2.26. The third kappa shape index (κ3) is 4.84. The molecule has 1 atom stereocenters. The number of thiophene rings is 1. The fourth-order valence-corrected chi connectivity index (χ4v) is 4.79. The molecule has 1 aliphatic heterocycles. The summed E-state index contributed by atoms with van der Waals surface area (Å²) in [7, 11) is 0. The first-order valence-corrected chi connectivity index (χ1v) is 11.1. The number of halogens is 2. The van der Waals surface area contributed by atoms with Gasteiger partial charge in [0, 0.05) is 35.3 Å². The zero-order valence-electron chi connectivity index (χ0n) is 15.5. The van der Waals surface area contributed by atoms with Gasteiger partial charge < -0.3 is 9.42 Å². The minimum absolute atomic E-state index is 0.193. The zero-order valence-corrected chi connectivity index (χ0v) is 17.1. The van der Waals surface area contributed by atoms with E-state index in [2.05, 4.69) is 10.1 Å². The topological polar surface area (TPSA) is 59.2 Å². The maximum Gasteiger partial charge on any atom is 0.288 e. The van der Waals surface area contributed by atoms with Crippen molar-refractivity contribution in [1.29, 1.82) is 0 Å². The third-order valence-electron chi connectivity index (χ3n) is 4.85. The predicted molar refractivity (Wildman–Crippen MR) is 108 cm³/mol. The van der Waals surface area contributed by atoms with E-state index in [4.69, 9.17) is 4.52 Å². The number of hydrogen-bond acceptors (Lipinski definition) is 6. The van der Waals surface area contributed by atoms with E-state index in [1.54, 1.807) is 40.5 Å². The number of carbonyl (C=O) groups excluding carboxylic acids is 1. The number of alkyl halides is 2. The van der Waals surface area contributed by atoms with Crippen LogP contribution in [0.2, 0.25) is 0 Å². The van der Waals surface area contributed by atoms with E-state index in [1.807, 2.05) is 16.8 Å². The molecule has 9 heteroatoms. The van der Waals surface area contributed by atoms with Crippen molar-refractivity contribution < 1.29 is 18.1 Å². The van der Waals surface area contributed by atoms with Crippen molar-refractivity contribution in [2.45, 2.75) is 29.9 Å². The monoisotopic (exact) mass is 435 g/mol. The largest absolute Gasteiger partial charge is 0.339 e. The molecule has 3 aromatic rings. The highest BCUT2D eigenvalue weighted by Gasteiger charge is 2.28. The molecule has 1 saturated heterocycles. The fraction of sp³-hybridized carbons (Fsp3) is 0.350. The second-order valence-corrected chi connectivity index (χ2v) is 8.67. The van der Waals surface area contributed by atoms with Crippen molar-refractivity contribution >= 4 is 29.0 Å². The molecule has 152 valence electrons. The van der Waals surface area contributed by atoms with Crippen molar-refractivity contribution in [3.05, 3.63) is 52.5 Å². The molecular formula is C20H19F2N3O2S2. The SMILES string of the molecule is O=C(c1ccccc1SC(F)F)N1CCCC(Cc2nc(-c3ccsc3)no2)C1. The molecule has 0 bridgehead atoms. The highest BCUT2D eigenvalue weighted by Crippen LogP contribution is 2.30. The number of thioether (sulfide) groups is 1. The van der Waals surface area contributed by atoms with Crippen molar-refractivity contribution in [2.24, 2.45) is 5.92 Å². The second-order valence-electron chi connectivity index (χ2n) is 6.86. The van der Waals surface area contributed by atoms with Crippen LogP contribution in [0.3, 0.4) is 0 Å². The van der Waals surface area contributed by atoms with Gasteiger partial charge in [0.1, 0.15) is 0 Å². The van der Waals surface area contributed by atoms with E-state index < -0.39 is 5.76 Å². The summed E-state index contributed by atoms with van der Waals surface area (Å²) in [6, 6.07) is 8.49. The lowest BCUT2D eigenvalue weighted by Crippen LogP contribution is -2.40. The number of nitrogens with zero attached hydrogens (tertiary/aromatic N) is 3. The van der Waals surface area contributed by atoms with Crippen molar-refractivity contribution in [3.63, 3.8) is 0 Å². The number of hydrogen-bond donors (Lipinski definition) is 0. The summed E-state index contributed by atoms with van der Waals surface area (Å²) in [5, 5.41) is 7.95. The Morgan fingerprint density at radius 1 is 1.34 bits per heavy atom.